The molecular formula is C13H13N5O. The predicted octanol–water partition coefficient (Wildman–Crippen LogP) is -0.244. The molecule has 0 unspecified atom stereocenters. The zero-order valence-corrected chi connectivity index (χ0v) is 10.3. The van der Waals surface area contributed by atoms with E-state index < -0.39 is 0 Å². The first-order valence-corrected chi connectivity index (χ1v) is 6.11. The Balaban J connectivity index is 2.04. The number of carbonyl (C=O) groups excluding carboxylic acids is 1. The number of nitrogens with one attached hydrogen (secondary N) is 1. The second-order valence-electron chi connectivity index (χ2n) is 4.30. The number of rotatable bonds is 1. The van der Waals surface area contributed by atoms with Crippen LogP contribution in [0.2, 0.25) is 0 Å². The van der Waals surface area contributed by atoms with E-state index in [-0.39, 0.29) is 5.91 Å². The number of aromatic nitrogens is 3. The average Bonchev–Trinajstić information content (AvgIpc) is 2.85. The van der Waals surface area contributed by atoms with E-state index in [0.29, 0.717) is 30.0 Å². The van der Waals surface area contributed by atoms with Crippen molar-refractivity contribution in [2.45, 2.75) is 0 Å². The summed E-state index contributed by atoms with van der Waals surface area (Å²) in [6.07, 6.45) is 8.87. The molecule has 1 aliphatic rings. The zero-order valence-electron chi connectivity index (χ0n) is 10.3. The molecule has 0 aliphatic carbocycles. The Bertz CT molecular complexity index is 663. The standard InChI is InChI=1S/C13H13N5O/c1-2-10-11(13(19)17-8-5-14-6-9-17)16-18-7-3-4-15-12(10)18/h1,3-4,7,14H,5-6,8-9H2. The number of hydrogen-bond acceptors (Lipinski definition) is 4. The Hall–Kier alpha value is -2.39. The summed E-state index contributed by atoms with van der Waals surface area (Å²) >= 11 is 0. The molecular weight excluding hydrogens is 242 g/mol. The summed E-state index contributed by atoms with van der Waals surface area (Å²) < 4.78 is 1.55. The van der Waals surface area contributed by atoms with Crippen molar-refractivity contribution in [1.29, 1.82) is 0 Å². The third kappa shape index (κ3) is 1.94. The number of fused-ring (bicyclic) bond motifs is 1. The van der Waals surface area contributed by atoms with Gasteiger partial charge in [0.15, 0.2) is 11.3 Å². The maximum atomic E-state index is 12.4. The van der Waals surface area contributed by atoms with Crippen molar-refractivity contribution in [3.63, 3.8) is 0 Å². The third-order valence-corrected chi connectivity index (χ3v) is 3.15. The van der Waals surface area contributed by atoms with Crippen molar-refractivity contribution < 1.29 is 4.79 Å². The molecule has 6 nitrogen and oxygen atoms in total. The minimum atomic E-state index is -0.125. The summed E-state index contributed by atoms with van der Waals surface area (Å²) in [7, 11) is 0. The molecule has 0 saturated carbocycles. The summed E-state index contributed by atoms with van der Waals surface area (Å²) in [6.45, 7) is 2.93. The van der Waals surface area contributed by atoms with Gasteiger partial charge in [-0.25, -0.2) is 9.50 Å². The second-order valence-corrected chi connectivity index (χ2v) is 4.30. The van der Waals surface area contributed by atoms with Gasteiger partial charge in [0.25, 0.3) is 5.91 Å². The van der Waals surface area contributed by atoms with Crippen LogP contribution in [0.25, 0.3) is 5.65 Å². The fourth-order valence-electron chi connectivity index (χ4n) is 2.19. The fraction of sp³-hybridized carbons (Fsp3) is 0.308. The monoisotopic (exact) mass is 255 g/mol. The molecule has 3 rings (SSSR count). The average molecular weight is 255 g/mol. The Morgan fingerprint density at radius 1 is 1.42 bits per heavy atom. The lowest BCUT2D eigenvalue weighted by atomic mass is 10.2. The van der Waals surface area contributed by atoms with Gasteiger partial charge in [-0.3, -0.25) is 4.79 Å². The van der Waals surface area contributed by atoms with Gasteiger partial charge in [0.2, 0.25) is 0 Å². The van der Waals surface area contributed by atoms with E-state index in [2.05, 4.69) is 21.3 Å². The molecule has 1 saturated heterocycles. The number of carbonyl (C=O) groups is 1. The first-order chi connectivity index (χ1) is 9.31. The van der Waals surface area contributed by atoms with Crippen molar-refractivity contribution in [2.24, 2.45) is 0 Å². The van der Waals surface area contributed by atoms with Gasteiger partial charge in [0, 0.05) is 38.6 Å². The van der Waals surface area contributed by atoms with Crippen LogP contribution in [-0.4, -0.2) is 51.6 Å². The molecule has 96 valence electrons. The predicted molar refractivity (Wildman–Crippen MR) is 69.7 cm³/mol. The minimum absolute atomic E-state index is 0.125. The molecule has 3 heterocycles. The lowest BCUT2D eigenvalue weighted by Gasteiger charge is -2.26. The highest BCUT2D eigenvalue weighted by Crippen LogP contribution is 2.14. The summed E-state index contributed by atoms with van der Waals surface area (Å²) in [5.41, 5.74) is 1.32. The Morgan fingerprint density at radius 2 is 2.21 bits per heavy atom. The van der Waals surface area contributed by atoms with Gasteiger partial charge in [0.1, 0.15) is 5.56 Å². The molecule has 2 aromatic rings. The van der Waals surface area contributed by atoms with Crippen LogP contribution in [0.15, 0.2) is 18.5 Å². The lowest BCUT2D eigenvalue weighted by molar-refractivity contribution is 0.0729. The number of amides is 1. The molecule has 0 aromatic carbocycles. The topological polar surface area (TPSA) is 62.5 Å². The van der Waals surface area contributed by atoms with Crippen molar-refractivity contribution in [1.82, 2.24) is 24.8 Å². The normalized spacial score (nSPS) is 15.4. The SMILES string of the molecule is C#Cc1c(C(=O)N2CCNCC2)nn2cccnc12. The van der Waals surface area contributed by atoms with Crippen LogP contribution >= 0.6 is 0 Å². The molecule has 1 fully saturated rings. The van der Waals surface area contributed by atoms with E-state index in [1.807, 2.05) is 0 Å². The lowest BCUT2D eigenvalue weighted by Crippen LogP contribution is -2.46. The molecule has 19 heavy (non-hydrogen) atoms. The van der Waals surface area contributed by atoms with Gasteiger partial charge < -0.3 is 10.2 Å². The van der Waals surface area contributed by atoms with Crippen LogP contribution in [0.5, 0.6) is 0 Å². The van der Waals surface area contributed by atoms with E-state index in [1.54, 1.807) is 27.9 Å². The third-order valence-electron chi connectivity index (χ3n) is 3.15. The smallest absolute Gasteiger partial charge is 0.275 e. The van der Waals surface area contributed by atoms with Crippen LogP contribution in [-0.2, 0) is 0 Å². The van der Waals surface area contributed by atoms with E-state index in [4.69, 9.17) is 6.42 Å². The molecule has 0 radical (unpaired) electrons. The number of nitrogens with zero attached hydrogens (tertiary/aromatic N) is 4. The second kappa shape index (κ2) is 4.71. The van der Waals surface area contributed by atoms with Crippen LogP contribution < -0.4 is 5.32 Å². The van der Waals surface area contributed by atoms with Gasteiger partial charge in [-0.05, 0) is 6.07 Å². The Labute approximate surface area is 110 Å². The van der Waals surface area contributed by atoms with Crippen LogP contribution in [0.3, 0.4) is 0 Å². The van der Waals surface area contributed by atoms with Gasteiger partial charge >= 0.3 is 0 Å². The Morgan fingerprint density at radius 3 is 2.95 bits per heavy atom. The first kappa shape index (κ1) is 11.7. The molecule has 0 atom stereocenters. The highest BCUT2D eigenvalue weighted by molar-refractivity contribution is 5.96. The maximum Gasteiger partial charge on any atom is 0.275 e. The van der Waals surface area contributed by atoms with Gasteiger partial charge in [-0.15, -0.1) is 6.42 Å². The quantitative estimate of drug-likeness (QED) is 0.714. The largest absolute Gasteiger partial charge is 0.335 e. The molecule has 6 heteroatoms. The molecule has 1 aliphatic heterocycles. The van der Waals surface area contributed by atoms with Crippen molar-refractivity contribution >= 4 is 11.6 Å². The van der Waals surface area contributed by atoms with Crippen molar-refractivity contribution in [3.05, 3.63) is 29.7 Å². The van der Waals surface area contributed by atoms with E-state index in [9.17, 15) is 4.79 Å². The van der Waals surface area contributed by atoms with E-state index >= 15 is 0 Å². The van der Waals surface area contributed by atoms with Gasteiger partial charge in [-0.1, -0.05) is 5.92 Å². The Kier molecular flexibility index (Phi) is 2.89. The number of terminal acetylenes is 1. The van der Waals surface area contributed by atoms with Crippen LogP contribution in [0.1, 0.15) is 16.1 Å². The maximum absolute atomic E-state index is 12.4. The fourth-order valence-corrected chi connectivity index (χ4v) is 2.19. The molecule has 2 aromatic heterocycles. The summed E-state index contributed by atoms with van der Waals surface area (Å²) in [5.74, 6) is 2.40. The van der Waals surface area contributed by atoms with Gasteiger partial charge in [0.05, 0.1) is 0 Å². The first-order valence-electron chi connectivity index (χ1n) is 6.11. The van der Waals surface area contributed by atoms with E-state index in [0.717, 1.165) is 13.1 Å². The van der Waals surface area contributed by atoms with Crippen LogP contribution in [0.4, 0.5) is 0 Å². The number of piperazine rings is 1. The zero-order chi connectivity index (χ0) is 13.2. The highest BCUT2D eigenvalue weighted by Gasteiger charge is 2.24. The van der Waals surface area contributed by atoms with E-state index in [1.165, 1.54) is 0 Å². The van der Waals surface area contributed by atoms with Crippen molar-refractivity contribution in [2.75, 3.05) is 26.2 Å². The van der Waals surface area contributed by atoms with Crippen LogP contribution in [0, 0.1) is 12.3 Å². The molecule has 0 bridgehead atoms. The highest BCUT2D eigenvalue weighted by atomic mass is 16.2. The summed E-state index contributed by atoms with van der Waals surface area (Å²) in [6, 6.07) is 1.75. The van der Waals surface area contributed by atoms with Crippen molar-refractivity contribution in [3.8, 4) is 12.3 Å². The summed E-state index contributed by atoms with van der Waals surface area (Å²) in [5, 5.41) is 7.46. The molecule has 1 N–H and O–H groups in total. The molecule has 0 spiro atoms. The number of hydrogen-bond donors (Lipinski definition) is 1. The minimum Gasteiger partial charge on any atom is -0.335 e. The summed E-state index contributed by atoms with van der Waals surface area (Å²) in [4.78, 5) is 18.4. The molecule has 1 amide bonds. The van der Waals surface area contributed by atoms with Gasteiger partial charge in [-0.2, -0.15) is 5.10 Å².